The Hall–Kier alpha value is -3.68. The van der Waals surface area contributed by atoms with E-state index in [1.807, 2.05) is 0 Å². The zero-order chi connectivity index (χ0) is 22.9. The van der Waals surface area contributed by atoms with Crippen molar-refractivity contribution >= 4 is 29.7 Å². The van der Waals surface area contributed by atoms with Gasteiger partial charge in [-0.25, -0.2) is 9.18 Å². The van der Waals surface area contributed by atoms with Crippen LogP contribution in [-0.4, -0.2) is 30.1 Å². The van der Waals surface area contributed by atoms with Crippen LogP contribution < -0.4 is 16.0 Å². The summed E-state index contributed by atoms with van der Waals surface area (Å²) in [5, 5.41) is 7.75. The normalized spacial score (nSPS) is 11.1. The summed E-state index contributed by atoms with van der Waals surface area (Å²) in [4.78, 5) is 35.8. The van der Waals surface area contributed by atoms with E-state index in [0.717, 1.165) is 0 Å². The van der Waals surface area contributed by atoms with Crippen molar-refractivity contribution in [1.29, 1.82) is 0 Å². The van der Waals surface area contributed by atoms with E-state index in [2.05, 4.69) is 16.0 Å². The molecule has 0 unspecified atom stereocenters. The number of hydrogen-bond donors (Lipinski definition) is 3. The van der Waals surface area contributed by atoms with E-state index >= 15 is 0 Å². The first kappa shape index (κ1) is 23.6. The van der Waals surface area contributed by atoms with Gasteiger partial charge in [0.25, 0.3) is 0 Å². The van der Waals surface area contributed by atoms with Gasteiger partial charge in [-0.3, -0.25) is 9.59 Å². The monoisotopic (exact) mass is 427 g/mol. The summed E-state index contributed by atoms with van der Waals surface area (Å²) in [6, 6.07) is 13.1. The van der Waals surface area contributed by atoms with E-state index in [-0.39, 0.29) is 13.1 Å². The third kappa shape index (κ3) is 8.69. The van der Waals surface area contributed by atoms with Gasteiger partial charge in [0.05, 0.1) is 0 Å². The molecule has 2 aromatic carbocycles. The fraction of sp³-hybridized carbons (Fsp3) is 0.261. The molecule has 2 rings (SSSR count). The van der Waals surface area contributed by atoms with Gasteiger partial charge in [-0.1, -0.05) is 36.4 Å². The van der Waals surface area contributed by atoms with Crippen LogP contribution in [0.5, 0.6) is 0 Å². The van der Waals surface area contributed by atoms with Crippen LogP contribution in [0.2, 0.25) is 0 Å². The van der Waals surface area contributed by atoms with E-state index in [4.69, 9.17) is 4.74 Å². The van der Waals surface area contributed by atoms with Gasteiger partial charge in [0.1, 0.15) is 18.0 Å². The summed E-state index contributed by atoms with van der Waals surface area (Å²) >= 11 is 0. The number of carbonyl (C=O) groups is 3. The molecule has 0 aliphatic carbocycles. The average Bonchev–Trinajstić information content (AvgIpc) is 2.70. The van der Waals surface area contributed by atoms with Gasteiger partial charge < -0.3 is 20.7 Å². The summed E-state index contributed by atoms with van der Waals surface area (Å²) in [5.74, 6) is -1.27. The fourth-order valence-electron chi connectivity index (χ4n) is 2.47. The van der Waals surface area contributed by atoms with Crippen LogP contribution in [0.4, 0.5) is 14.9 Å². The van der Waals surface area contributed by atoms with E-state index in [1.165, 1.54) is 18.2 Å². The highest BCUT2D eigenvalue weighted by atomic mass is 19.1. The van der Waals surface area contributed by atoms with Crippen LogP contribution in [0.25, 0.3) is 6.08 Å². The van der Waals surface area contributed by atoms with Crippen LogP contribution in [0, 0.1) is 5.82 Å². The molecule has 2 aromatic rings. The molecule has 0 radical (unpaired) electrons. The maximum absolute atomic E-state index is 13.6. The van der Waals surface area contributed by atoms with Gasteiger partial charge in [-0.05, 0) is 44.5 Å². The number of alkyl carbamates (subject to hydrolysis) is 1. The number of rotatable bonds is 7. The van der Waals surface area contributed by atoms with Crippen LogP contribution in [0.3, 0.4) is 0 Å². The molecule has 0 fully saturated rings. The Morgan fingerprint density at radius 2 is 1.68 bits per heavy atom. The second-order valence-electron chi connectivity index (χ2n) is 7.63. The van der Waals surface area contributed by atoms with Gasteiger partial charge in [-0.2, -0.15) is 0 Å². The Balaban J connectivity index is 1.89. The van der Waals surface area contributed by atoms with Gasteiger partial charge >= 0.3 is 6.09 Å². The molecule has 0 spiro atoms. The molecule has 0 bridgehead atoms. The molecule has 164 valence electrons. The topological polar surface area (TPSA) is 96.5 Å². The maximum Gasteiger partial charge on any atom is 0.408 e. The third-order valence-electron chi connectivity index (χ3n) is 3.86. The SMILES string of the molecule is CC(C)(C)OC(=O)NCC(=O)NCc1ccccc1NC(=O)/C=C/c1ccccc1F. The number of nitrogens with one attached hydrogen (secondary N) is 3. The lowest BCUT2D eigenvalue weighted by Crippen LogP contribution is -2.39. The Morgan fingerprint density at radius 1 is 1.00 bits per heavy atom. The minimum atomic E-state index is -0.683. The lowest BCUT2D eigenvalue weighted by molar-refractivity contribution is -0.120. The zero-order valence-electron chi connectivity index (χ0n) is 17.7. The number of hydrogen-bond acceptors (Lipinski definition) is 4. The first-order chi connectivity index (χ1) is 14.6. The van der Waals surface area contributed by atoms with E-state index < -0.39 is 29.3 Å². The van der Waals surface area contributed by atoms with Crippen molar-refractivity contribution in [2.24, 2.45) is 0 Å². The molecule has 3 N–H and O–H groups in total. The number of benzene rings is 2. The highest BCUT2D eigenvalue weighted by Gasteiger charge is 2.16. The smallest absolute Gasteiger partial charge is 0.408 e. The molecule has 8 heteroatoms. The molecule has 0 saturated carbocycles. The van der Waals surface area contributed by atoms with E-state index in [0.29, 0.717) is 16.8 Å². The highest BCUT2D eigenvalue weighted by molar-refractivity contribution is 6.02. The van der Waals surface area contributed by atoms with Crippen molar-refractivity contribution < 1.29 is 23.5 Å². The van der Waals surface area contributed by atoms with Gasteiger partial charge in [0.15, 0.2) is 0 Å². The van der Waals surface area contributed by atoms with E-state index in [1.54, 1.807) is 63.2 Å². The summed E-state index contributed by atoms with van der Waals surface area (Å²) < 4.78 is 18.7. The predicted molar refractivity (Wildman–Crippen MR) is 117 cm³/mol. The van der Waals surface area contributed by atoms with Crippen LogP contribution in [0.15, 0.2) is 54.6 Å². The molecule has 7 nitrogen and oxygen atoms in total. The summed E-state index contributed by atoms with van der Waals surface area (Å²) in [6.07, 6.45) is 1.94. The van der Waals surface area contributed by atoms with Gasteiger partial charge in [0, 0.05) is 23.9 Å². The molecular weight excluding hydrogens is 401 g/mol. The quantitative estimate of drug-likeness (QED) is 0.588. The number of amides is 3. The molecule has 0 aliphatic rings. The Kier molecular flexibility index (Phi) is 8.31. The number of ether oxygens (including phenoxy) is 1. The standard InChI is InChI=1S/C23H26FN3O4/c1-23(2,3)31-22(30)26-15-21(29)25-14-17-9-5-7-11-19(17)27-20(28)13-12-16-8-4-6-10-18(16)24/h4-13H,14-15H2,1-3H3,(H,25,29)(H,26,30)(H,27,28)/b13-12+. The fourth-order valence-corrected chi connectivity index (χ4v) is 2.47. The maximum atomic E-state index is 13.6. The van der Waals surface area contributed by atoms with Crippen LogP contribution in [-0.2, 0) is 20.9 Å². The Morgan fingerprint density at radius 3 is 2.39 bits per heavy atom. The predicted octanol–water partition coefficient (Wildman–Crippen LogP) is 3.62. The van der Waals surface area contributed by atoms with Crippen molar-refractivity contribution in [3.8, 4) is 0 Å². The zero-order valence-corrected chi connectivity index (χ0v) is 17.7. The van der Waals surface area contributed by atoms with Crippen molar-refractivity contribution in [1.82, 2.24) is 10.6 Å². The third-order valence-corrected chi connectivity index (χ3v) is 3.86. The molecular formula is C23H26FN3O4. The molecule has 0 aromatic heterocycles. The first-order valence-electron chi connectivity index (χ1n) is 9.69. The van der Waals surface area contributed by atoms with Crippen molar-refractivity contribution in [3.63, 3.8) is 0 Å². The largest absolute Gasteiger partial charge is 0.444 e. The average molecular weight is 427 g/mol. The first-order valence-corrected chi connectivity index (χ1v) is 9.69. The second kappa shape index (κ2) is 10.9. The van der Waals surface area contributed by atoms with Crippen molar-refractivity contribution in [3.05, 3.63) is 71.6 Å². The number of para-hydroxylation sites is 1. The number of carbonyl (C=O) groups excluding carboxylic acids is 3. The van der Waals surface area contributed by atoms with Crippen molar-refractivity contribution in [2.75, 3.05) is 11.9 Å². The van der Waals surface area contributed by atoms with Gasteiger partial charge in [0.2, 0.25) is 11.8 Å². The summed E-state index contributed by atoms with van der Waals surface area (Å²) in [6.45, 7) is 5.08. The molecule has 3 amide bonds. The minimum Gasteiger partial charge on any atom is -0.444 e. The van der Waals surface area contributed by atoms with E-state index in [9.17, 15) is 18.8 Å². The number of anilines is 1. The molecule has 0 aliphatic heterocycles. The van der Waals surface area contributed by atoms with Crippen LogP contribution >= 0.6 is 0 Å². The lowest BCUT2D eigenvalue weighted by Gasteiger charge is -2.19. The Bertz CT molecular complexity index is 967. The second-order valence-corrected chi connectivity index (χ2v) is 7.63. The lowest BCUT2D eigenvalue weighted by atomic mass is 10.1. The van der Waals surface area contributed by atoms with Crippen molar-refractivity contribution in [2.45, 2.75) is 32.9 Å². The minimum absolute atomic E-state index is 0.141. The number of halogens is 1. The molecule has 0 saturated heterocycles. The summed E-state index contributed by atoms with van der Waals surface area (Å²) in [5.41, 5.74) is 0.820. The molecule has 0 heterocycles. The highest BCUT2D eigenvalue weighted by Crippen LogP contribution is 2.15. The Labute approximate surface area is 180 Å². The van der Waals surface area contributed by atoms with Crippen LogP contribution in [0.1, 0.15) is 31.9 Å². The molecule has 31 heavy (non-hydrogen) atoms. The molecule has 0 atom stereocenters. The summed E-state index contributed by atoms with van der Waals surface area (Å²) in [7, 11) is 0. The van der Waals surface area contributed by atoms with Gasteiger partial charge in [-0.15, -0.1) is 0 Å².